The summed E-state index contributed by atoms with van der Waals surface area (Å²) in [4.78, 5) is 3.13. The van der Waals surface area contributed by atoms with Gasteiger partial charge in [-0.1, -0.05) is 17.7 Å². The third kappa shape index (κ3) is 2.94. The molecule has 1 aliphatic heterocycles. The minimum Gasteiger partial charge on any atom is -0.400 e. The van der Waals surface area contributed by atoms with Gasteiger partial charge >= 0.3 is 7.12 Å². The molecule has 23 heavy (non-hydrogen) atoms. The molecule has 2 aromatic rings. The SMILES string of the molecule is CC1(C)OB(C(=Cc2cc3cc[nH]c3cc2Cl)CO)OC1(C)C. The number of fused-ring (bicyclic) bond motifs is 1. The average molecular weight is 334 g/mol. The maximum absolute atomic E-state index is 9.77. The first-order valence-electron chi connectivity index (χ1n) is 7.67. The van der Waals surface area contributed by atoms with Gasteiger partial charge in [-0.15, -0.1) is 0 Å². The molecule has 122 valence electrons. The number of aliphatic hydroxyl groups is 1. The zero-order valence-corrected chi connectivity index (χ0v) is 14.6. The zero-order chi connectivity index (χ0) is 16.8. The van der Waals surface area contributed by atoms with Crippen molar-refractivity contribution < 1.29 is 14.4 Å². The summed E-state index contributed by atoms with van der Waals surface area (Å²) >= 11 is 6.35. The van der Waals surface area contributed by atoms with Crippen molar-refractivity contribution in [3.8, 4) is 0 Å². The summed E-state index contributed by atoms with van der Waals surface area (Å²) in [7, 11) is -0.581. The van der Waals surface area contributed by atoms with E-state index in [1.807, 2.05) is 58.2 Å². The minimum absolute atomic E-state index is 0.154. The van der Waals surface area contributed by atoms with Gasteiger partial charge in [-0.05, 0) is 56.9 Å². The van der Waals surface area contributed by atoms with E-state index in [4.69, 9.17) is 20.9 Å². The highest BCUT2D eigenvalue weighted by atomic mass is 35.5. The number of halogens is 1. The molecule has 2 N–H and O–H groups in total. The molecule has 0 spiro atoms. The van der Waals surface area contributed by atoms with E-state index in [9.17, 15) is 5.11 Å². The first-order chi connectivity index (χ1) is 10.7. The standard InChI is InChI=1S/C17H21BClNO3/c1-16(2)17(3,4)23-18(22-16)13(10-21)8-12-7-11-5-6-20-15(11)9-14(12)19/h5-9,20-21H,10H2,1-4H3. The normalized spacial score (nSPS) is 20.4. The summed E-state index contributed by atoms with van der Waals surface area (Å²) in [5.74, 6) is 0. The van der Waals surface area contributed by atoms with Crippen molar-refractivity contribution >= 4 is 35.7 Å². The van der Waals surface area contributed by atoms with Crippen molar-refractivity contribution in [3.05, 3.63) is 40.5 Å². The van der Waals surface area contributed by atoms with Crippen LogP contribution in [-0.4, -0.2) is 35.0 Å². The molecular formula is C17H21BClNO3. The largest absolute Gasteiger partial charge is 0.492 e. The molecule has 1 saturated heterocycles. The monoisotopic (exact) mass is 333 g/mol. The second-order valence-corrected chi connectivity index (χ2v) is 7.31. The van der Waals surface area contributed by atoms with Gasteiger partial charge in [-0.3, -0.25) is 0 Å². The summed E-state index contributed by atoms with van der Waals surface area (Å²) < 4.78 is 12.0. The molecule has 0 aliphatic carbocycles. The lowest BCUT2D eigenvalue weighted by Crippen LogP contribution is -2.41. The van der Waals surface area contributed by atoms with Gasteiger partial charge < -0.3 is 19.4 Å². The number of rotatable bonds is 3. The highest BCUT2D eigenvalue weighted by Crippen LogP contribution is 2.39. The number of hydrogen-bond donors (Lipinski definition) is 2. The quantitative estimate of drug-likeness (QED) is 0.839. The Kier molecular flexibility index (Phi) is 4.09. The van der Waals surface area contributed by atoms with Crippen molar-refractivity contribution in [2.45, 2.75) is 38.9 Å². The second-order valence-electron chi connectivity index (χ2n) is 6.90. The van der Waals surface area contributed by atoms with Crippen molar-refractivity contribution in [1.82, 2.24) is 4.98 Å². The first-order valence-corrected chi connectivity index (χ1v) is 8.05. The van der Waals surface area contributed by atoms with Crippen LogP contribution >= 0.6 is 11.6 Å². The van der Waals surface area contributed by atoms with Crippen LogP contribution in [0.15, 0.2) is 29.9 Å². The smallest absolute Gasteiger partial charge is 0.400 e. The third-order valence-electron chi connectivity index (χ3n) is 4.75. The maximum Gasteiger partial charge on any atom is 0.492 e. The predicted molar refractivity (Wildman–Crippen MR) is 94.5 cm³/mol. The molecule has 0 unspecified atom stereocenters. The fraction of sp³-hybridized carbons (Fsp3) is 0.412. The van der Waals surface area contributed by atoms with Crippen LogP contribution in [0, 0.1) is 0 Å². The van der Waals surface area contributed by atoms with Crippen LogP contribution in [0.1, 0.15) is 33.3 Å². The summed E-state index contributed by atoms with van der Waals surface area (Å²) in [6.07, 6.45) is 3.71. The molecule has 1 fully saturated rings. The predicted octanol–water partition coefficient (Wildman–Crippen LogP) is 3.83. The van der Waals surface area contributed by atoms with Crippen molar-refractivity contribution in [2.75, 3.05) is 6.61 Å². The highest BCUT2D eigenvalue weighted by Gasteiger charge is 2.52. The average Bonchev–Trinajstić information content (AvgIpc) is 2.97. The number of aromatic amines is 1. The summed E-state index contributed by atoms with van der Waals surface area (Å²) in [5.41, 5.74) is 1.58. The lowest BCUT2D eigenvalue weighted by molar-refractivity contribution is 0.00578. The Hall–Kier alpha value is -1.27. The molecule has 1 aliphatic rings. The number of benzene rings is 1. The van der Waals surface area contributed by atoms with Crippen LogP contribution < -0.4 is 0 Å². The van der Waals surface area contributed by atoms with Crippen LogP contribution in [0.25, 0.3) is 17.0 Å². The van der Waals surface area contributed by atoms with Gasteiger partial charge in [0.15, 0.2) is 0 Å². The number of aromatic nitrogens is 1. The highest BCUT2D eigenvalue weighted by molar-refractivity contribution is 6.56. The molecule has 0 radical (unpaired) electrons. The fourth-order valence-corrected chi connectivity index (χ4v) is 2.80. The van der Waals surface area contributed by atoms with Gasteiger partial charge in [-0.25, -0.2) is 0 Å². The topological polar surface area (TPSA) is 54.5 Å². The van der Waals surface area contributed by atoms with E-state index in [2.05, 4.69) is 4.98 Å². The Morgan fingerprint density at radius 2 is 1.91 bits per heavy atom. The van der Waals surface area contributed by atoms with Crippen LogP contribution in [-0.2, 0) is 9.31 Å². The van der Waals surface area contributed by atoms with E-state index < -0.39 is 18.3 Å². The Balaban J connectivity index is 1.97. The van der Waals surface area contributed by atoms with E-state index in [0.717, 1.165) is 16.5 Å². The van der Waals surface area contributed by atoms with Crippen LogP contribution in [0.3, 0.4) is 0 Å². The molecule has 0 atom stereocenters. The molecule has 4 nitrogen and oxygen atoms in total. The molecule has 1 aromatic heterocycles. The van der Waals surface area contributed by atoms with Gasteiger partial charge in [0.2, 0.25) is 0 Å². The van der Waals surface area contributed by atoms with Gasteiger partial charge in [0, 0.05) is 22.1 Å². The number of aliphatic hydroxyl groups excluding tert-OH is 1. The number of hydrogen-bond acceptors (Lipinski definition) is 3. The molecule has 2 heterocycles. The minimum atomic E-state index is -0.581. The molecule has 1 aromatic carbocycles. The third-order valence-corrected chi connectivity index (χ3v) is 5.08. The Morgan fingerprint density at radius 3 is 2.52 bits per heavy atom. The van der Waals surface area contributed by atoms with Gasteiger partial charge in [0.1, 0.15) is 0 Å². The van der Waals surface area contributed by atoms with E-state index >= 15 is 0 Å². The van der Waals surface area contributed by atoms with Crippen LogP contribution in [0.4, 0.5) is 0 Å². The van der Waals surface area contributed by atoms with Crippen molar-refractivity contribution in [2.24, 2.45) is 0 Å². The van der Waals surface area contributed by atoms with Crippen molar-refractivity contribution in [3.63, 3.8) is 0 Å². The van der Waals surface area contributed by atoms with Crippen molar-refractivity contribution in [1.29, 1.82) is 0 Å². The van der Waals surface area contributed by atoms with Crippen LogP contribution in [0.2, 0.25) is 5.02 Å². The Morgan fingerprint density at radius 1 is 1.26 bits per heavy atom. The molecule has 0 amide bonds. The number of nitrogens with one attached hydrogen (secondary N) is 1. The summed E-state index contributed by atoms with van der Waals surface area (Å²) in [6, 6.07) is 5.84. The summed E-state index contributed by atoms with van der Waals surface area (Å²) in [5, 5.41) is 11.5. The van der Waals surface area contributed by atoms with E-state index in [1.165, 1.54) is 0 Å². The Bertz CT molecular complexity index is 750. The Labute approximate surface area is 141 Å². The zero-order valence-electron chi connectivity index (χ0n) is 13.8. The van der Waals surface area contributed by atoms with Gasteiger partial charge in [0.25, 0.3) is 0 Å². The molecule has 0 bridgehead atoms. The number of H-pyrrole nitrogens is 1. The molecular weight excluding hydrogens is 312 g/mol. The maximum atomic E-state index is 9.77. The molecule has 6 heteroatoms. The molecule has 3 rings (SSSR count). The van der Waals surface area contributed by atoms with E-state index in [0.29, 0.717) is 10.5 Å². The first kappa shape index (κ1) is 16.6. The van der Waals surface area contributed by atoms with Gasteiger partial charge in [-0.2, -0.15) is 0 Å². The second kappa shape index (κ2) is 5.67. The van der Waals surface area contributed by atoms with E-state index in [-0.39, 0.29) is 6.61 Å². The lowest BCUT2D eigenvalue weighted by Gasteiger charge is -2.32. The van der Waals surface area contributed by atoms with Gasteiger partial charge in [0.05, 0.1) is 17.8 Å². The summed E-state index contributed by atoms with van der Waals surface area (Å²) in [6.45, 7) is 7.79. The van der Waals surface area contributed by atoms with Crippen LogP contribution in [0.5, 0.6) is 0 Å². The fourth-order valence-electron chi connectivity index (χ4n) is 2.58. The molecule has 0 saturated carbocycles. The lowest BCUT2D eigenvalue weighted by atomic mass is 9.77. The van der Waals surface area contributed by atoms with E-state index in [1.54, 1.807) is 0 Å².